The average molecular weight is 256 g/mol. The van der Waals surface area contributed by atoms with Crippen LogP contribution in [-0.2, 0) is 9.59 Å². The van der Waals surface area contributed by atoms with Crippen molar-refractivity contribution in [3.63, 3.8) is 0 Å². The molecule has 1 rings (SSSR count). The Morgan fingerprint density at radius 1 is 1.39 bits per heavy atom. The number of carbonyl (C=O) groups excluding carboxylic acids is 1. The van der Waals surface area contributed by atoms with Gasteiger partial charge in [0.25, 0.3) is 0 Å². The molecule has 0 spiro atoms. The van der Waals surface area contributed by atoms with Crippen LogP contribution in [0.4, 0.5) is 0 Å². The third kappa shape index (κ3) is 3.45. The molecule has 5 heteroatoms. The number of carboxylic acids is 1. The van der Waals surface area contributed by atoms with Crippen molar-refractivity contribution in [1.82, 2.24) is 10.2 Å². The normalized spacial score (nSPS) is 28.1. The summed E-state index contributed by atoms with van der Waals surface area (Å²) in [7, 11) is 3.78. The average Bonchev–Trinajstić information content (AvgIpc) is 2.29. The fourth-order valence-electron chi connectivity index (χ4n) is 2.54. The number of carboxylic acid groups (broad SMARTS) is 1. The SMILES string of the molecule is CC1CCCCC1(NC(=O)CCN(C)C)C(=O)O. The van der Waals surface area contributed by atoms with Gasteiger partial charge in [0.1, 0.15) is 5.54 Å². The summed E-state index contributed by atoms with van der Waals surface area (Å²) in [5, 5.41) is 12.2. The highest BCUT2D eigenvalue weighted by Gasteiger charge is 2.46. The van der Waals surface area contributed by atoms with E-state index in [0.717, 1.165) is 19.3 Å². The maximum Gasteiger partial charge on any atom is 0.329 e. The van der Waals surface area contributed by atoms with Gasteiger partial charge in [-0.15, -0.1) is 0 Å². The minimum Gasteiger partial charge on any atom is -0.479 e. The van der Waals surface area contributed by atoms with Gasteiger partial charge in [0, 0.05) is 13.0 Å². The molecule has 0 aromatic rings. The molecule has 0 aromatic heterocycles. The second-order valence-electron chi connectivity index (χ2n) is 5.52. The van der Waals surface area contributed by atoms with Gasteiger partial charge in [0.15, 0.2) is 0 Å². The number of nitrogens with zero attached hydrogens (tertiary/aromatic N) is 1. The summed E-state index contributed by atoms with van der Waals surface area (Å²) in [6, 6.07) is 0. The highest BCUT2D eigenvalue weighted by molar-refractivity contribution is 5.87. The molecule has 2 atom stereocenters. The summed E-state index contributed by atoms with van der Waals surface area (Å²) in [5.74, 6) is -1.07. The predicted octanol–water partition coefficient (Wildman–Crippen LogP) is 1.09. The lowest BCUT2D eigenvalue weighted by Gasteiger charge is -2.39. The first-order chi connectivity index (χ1) is 8.38. The van der Waals surface area contributed by atoms with Crippen LogP contribution in [0.3, 0.4) is 0 Å². The van der Waals surface area contributed by atoms with Crippen molar-refractivity contribution in [3.05, 3.63) is 0 Å². The molecular formula is C13H24N2O3. The number of nitrogens with one attached hydrogen (secondary N) is 1. The van der Waals surface area contributed by atoms with Gasteiger partial charge in [-0.3, -0.25) is 4.79 Å². The van der Waals surface area contributed by atoms with Gasteiger partial charge in [-0.25, -0.2) is 4.79 Å². The first-order valence-electron chi connectivity index (χ1n) is 6.57. The van der Waals surface area contributed by atoms with Crippen LogP contribution in [0.15, 0.2) is 0 Å². The molecule has 1 aliphatic carbocycles. The van der Waals surface area contributed by atoms with Crippen LogP contribution in [0.2, 0.25) is 0 Å². The van der Waals surface area contributed by atoms with Gasteiger partial charge in [-0.05, 0) is 32.9 Å². The lowest BCUT2D eigenvalue weighted by Crippen LogP contribution is -2.60. The van der Waals surface area contributed by atoms with E-state index in [1.165, 1.54) is 0 Å². The number of hydrogen-bond acceptors (Lipinski definition) is 3. The smallest absolute Gasteiger partial charge is 0.329 e. The number of hydrogen-bond donors (Lipinski definition) is 2. The molecule has 0 saturated heterocycles. The second-order valence-corrected chi connectivity index (χ2v) is 5.52. The molecule has 0 heterocycles. The molecule has 2 unspecified atom stereocenters. The van der Waals surface area contributed by atoms with E-state index in [2.05, 4.69) is 5.32 Å². The van der Waals surface area contributed by atoms with Crippen LogP contribution in [0.5, 0.6) is 0 Å². The molecule has 1 saturated carbocycles. The summed E-state index contributed by atoms with van der Waals surface area (Å²) in [5.41, 5.74) is -1.05. The van der Waals surface area contributed by atoms with Gasteiger partial charge in [0.2, 0.25) is 5.91 Å². The zero-order valence-corrected chi connectivity index (χ0v) is 11.5. The van der Waals surface area contributed by atoms with Crippen LogP contribution in [-0.4, -0.2) is 48.1 Å². The molecule has 0 bridgehead atoms. The molecular weight excluding hydrogens is 232 g/mol. The summed E-state index contributed by atoms with van der Waals surface area (Å²) in [6.45, 7) is 2.55. The van der Waals surface area contributed by atoms with Crippen LogP contribution < -0.4 is 5.32 Å². The van der Waals surface area contributed by atoms with Crippen LogP contribution in [0, 0.1) is 5.92 Å². The summed E-state index contributed by atoms with van der Waals surface area (Å²) in [6.07, 6.45) is 3.65. The Labute approximate surface area is 109 Å². The van der Waals surface area contributed by atoms with Crippen LogP contribution >= 0.6 is 0 Å². The number of carbonyl (C=O) groups is 2. The van der Waals surface area contributed by atoms with E-state index in [9.17, 15) is 14.7 Å². The predicted molar refractivity (Wildman–Crippen MR) is 69.3 cm³/mol. The maximum absolute atomic E-state index is 11.9. The number of amides is 1. The number of aliphatic carboxylic acids is 1. The highest BCUT2D eigenvalue weighted by atomic mass is 16.4. The minimum atomic E-state index is -1.05. The molecule has 18 heavy (non-hydrogen) atoms. The molecule has 0 aromatic carbocycles. The largest absolute Gasteiger partial charge is 0.479 e. The fourth-order valence-corrected chi connectivity index (χ4v) is 2.54. The zero-order valence-electron chi connectivity index (χ0n) is 11.5. The fraction of sp³-hybridized carbons (Fsp3) is 0.846. The van der Waals surface area contributed by atoms with Gasteiger partial charge >= 0.3 is 5.97 Å². The van der Waals surface area contributed by atoms with Crippen molar-refractivity contribution in [2.24, 2.45) is 5.92 Å². The Hall–Kier alpha value is -1.10. The second kappa shape index (κ2) is 6.18. The standard InChI is InChI=1S/C13H24N2O3/c1-10-6-4-5-8-13(10,12(17)18)14-11(16)7-9-15(2)3/h10H,4-9H2,1-3H3,(H,14,16)(H,17,18). The lowest BCUT2D eigenvalue weighted by molar-refractivity contribution is -0.152. The zero-order chi connectivity index (χ0) is 13.8. The molecule has 0 aliphatic heterocycles. The quantitative estimate of drug-likeness (QED) is 0.772. The lowest BCUT2D eigenvalue weighted by atomic mass is 9.73. The Balaban J connectivity index is 2.68. The summed E-state index contributed by atoms with van der Waals surface area (Å²) in [4.78, 5) is 25.3. The maximum atomic E-state index is 11.9. The topological polar surface area (TPSA) is 69.6 Å². The molecule has 0 radical (unpaired) electrons. The Kier molecular flexibility index (Phi) is 5.14. The Bertz CT molecular complexity index is 317. The molecule has 2 N–H and O–H groups in total. The third-order valence-electron chi connectivity index (χ3n) is 3.83. The van der Waals surface area contributed by atoms with E-state index in [4.69, 9.17) is 0 Å². The van der Waals surface area contributed by atoms with E-state index in [1.54, 1.807) is 0 Å². The van der Waals surface area contributed by atoms with Crippen LogP contribution in [0.1, 0.15) is 39.0 Å². The molecule has 1 aliphatic rings. The van der Waals surface area contributed by atoms with Crippen molar-refractivity contribution < 1.29 is 14.7 Å². The van der Waals surface area contributed by atoms with Crippen molar-refractivity contribution in [2.75, 3.05) is 20.6 Å². The van der Waals surface area contributed by atoms with E-state index < -0.39 is 11.5 Å². The van der Waals surface area contributed by atoms with Gasteiger partial charge < -0.3 is 15.3 Å². The molecule has 1 amide bonds. The van der Waals surface area contributed by atoms with E-state index >= 15 is 0 Å². The van der Waals surface area contributed by atoms with Crippen molar-refractivity contribution in [3.8, 4) is 0 Å². The number of rotatable bonds is 5. The van der Waals surface area contributed by atoms with Gasteiger partial charge in [-0.1, -0.05) is 19.8 Å². The third-order valence-corrected chi connectivity index (χ3v) is 3.83. The van der Waals surface area contributed by atoms with Crippen molar-refractivity contribution in [2.45, 2.75) is 44.6 Å². The van der Waals surface area contributed by atoms with E-state index in [1.807, 2.05) is 25.9 Å². The monoisotopic (exact) mass is 256 g/mol. The van der Waals surface area contributed by atoms with Crippen molar-refractivity contribution in [1.29, 1.82) is 0 Å². The molecule has 1 fully saturated rings. The summed E-state index contributed by atoms with van der Waals surface area (Å²) >= 11 is 0. The van der Waals surface area contributed by atoms with Crippen LogP contribution in [0.25, 0.3) is 0 Å². The van der Waals surface area contributed by atoms with Crippen molar-refractivity contribution >= 4 is 11.9 Å². The summed E-state index contributed by atoms with van der Waals surface area (Å²) < 4.78 is 0. The van der Waals surface area contributed by atoms with E-state index in [0.29, 0.717) is 19.4 Å². The van der Waals surface area contributed by atoms with Gasteiger partial charge in [0.05, 0.1) is 0 Å². The Morgan fingerprint density at radius 2 is 2.06 bits per heavy atom. The molecule has 104 valence electrons. The molecule has 5 nitrogen and oxygen atoms in total. The minimum absolute atomic E-state index is 0.00736. The highest BCUT2D eigenvalue weighted by Crippen LogP contribution is 2.34. The first kappa shape index (κ1) is 15.0. The first-order valence-corrected chi connectivity index (χ1v) is 6.57. The van der Waals surface area contributed by atoms with E-state index in [-0.39, 0.29) is 11.8 Å². The van der Waals surface area contributed by atoms with Gasteiger partial charge in [-0.2, -0.15) is 0 Å². The Morgan fingerprint density at radius 3 is 2.56 bits per heavy atom.